The van der Waals surface area contributed by atoms with Gasteiger partial charge in [0, 0.05) is 50.4 Å². The van der Waals surface area contributed by atoms with Gasteiger partial charge in [-0.15, -0.1) is 0 Å². The Bertz CT molecular complexity index is 1350. The van der Waals surface area contributed by atoms with Gasteiger partial charge in [0.2, 0.25) is 5.91 Å². The summed E-state index contributed by atoms with van der Waals surface area (Å²) in [7, 11) is 0. The van der Waals surface area contributed by atoms with Crippen molar-refractivity contribution in [2.45, 2.75) is 109 Å². The zero-order valence-corrected chi connectivity index (χ0v) is 28.1. The van der Waals surface area contributed by atoms with Crippen LogP contribution in [-0.4, -0.2) is 116 Å². The smallest absolute Gasteiger partial charge is 0.410 e. The summed E-state index contributed by atoms with van der Waals surface area (Å²) < 4.78 is 11.5. The minimum absolute atomic E-state index is 0.0471. The van der Waals surface area contributed by atoms with E-state index in [9.17, 15) is 44.7 Å². The Morgan fingerprint density at radius 1 is 1.17 bits per heavy atom. The van der Waals surface area contributed by atoms with E-state index in [2.05, 4.69) is 10.6 Å². The number of aliphatic hydroxyl groups is 3. The topological polar surface area (TPSA) is 215 Å². The second-order valence-electron chi connectivity index (χ2n) is 14.0. The molecular weight excluding hydrogens is 614 g/mol. The first-order chi connectivity index (χ1) is 21.7. The van der Waals surface area contributed by atoms with Crippen molar-refractivity contribution in [1.29, 1.82) is 0 Å². The molecule has 1 aromatic rings. The van der Waals surface area contributed by atoms with Crippen LogP contribution in [0.3, 0.4) is 0 Å². The Hall–Kier alpha value is -3.72. The number of benzene rings is 1. The summed E-state index contributed by atoms with van der Waals surface area (Å²) in [4.78, 5) is 51.6. The molecule has 0 radical (unpaired) electrons. The standard InChI is InChI=1S/C33H49N3O11/c1-18-13-21(14-19(2)25(18)40)28(42)34-16-23(39)26(41)27-24(35-20(3)37)22(38)15-33(46-27,29(43)44)10-8-9-32(7)11-12-36(17-32)30(45)47-31(4,5)6/h8-9,13-14,22-24,26-27,38-41H,10-12,15-17H2,1-7H3,(H,34,42)(H,35,37)(H,43,44)/b9-8+/t22-,23+,24+,26+,27+,32?,33+/m0/s1. The largest absolute Gasteiger partial charge is 0.507 e. The number of aryl methyl sites for hydroxylation is 2. The molecule has 3 rings (SSSR count). The van der Waals surface area contributed by atoms with Gasteiger partial charge in [-0.05, 0) is 64.3 Å². The Morgan fingerprint density at radius 3 is 2.34 bits per heavy atom. The lowest BCUT2D eigenvalue weighted by Crippen LogP contribution is -2.67. The number of nitrogens with one attached hydrogen (secondary N) is 2. The normalized spacial score (nSPS) is 27.7. The fourth-order valence-corrected chi connectivity index (χ4v) is 5.98. The van der Waals surface area contributed by atoms with E-state index in [1.807, 2.05) is 6.92 Å². The number of phenolic OH excluding ortho intramolecular Hbond substituents is 1. The number of hydrogen-bond donors (Lipinski definition) is 7. The van der Waals surface area contributed by atoms with E-state index in [4.69, 9.17) is 9.47 Å². The maximum atomic E-state index is 12.8. The van der Waals surface area contributed by atoms with Gasteiger partial charge in [0.25, 0.3) is 5.91 Å². The van der Waals surface area contributed by atoms with Gasteiger partial charge in [-0.25, -0.2) is 9.59 Å². The highest BCUT2D eigenvalue weighted by Gasteiger charge is 2.54. The number of carbonyl (C=O) groups excluding carboxylic acids is 3. The molecule has 1 aromatic carbocycles. The van der Waals surface area contributed by atoms with Crippen LogP contribution in [0, 0.1) is 19.3 Å². The summed E-state index contributed by atoms with van der Waals surface area (Å²) in [5.74, 6) is -2.55. The number of amides is 3. The number of carboxylic acid groups (broad SMARTS) is 1. The highest BCUT2D eigenvalue weighted by Crippen LogP contribution is 2.37. The molecule has 14 nitrogen and oxygen atoms in total. The molecule has 2 heterocycles. The van der Waals surface area contributed by atoms with Gasteiger partial charge in [0.05, 0.1) is 18.2 Å². The molecule has 0 bridgehead atoms. The molecule has 0 aliphatic carbocycles. The highest BCUT2D eigenvalue weighted by molar-refractivity contribution is 5.94. The zero-order chi connectivity index (χ0) is 35.5. The molecule has 2 saturated heterocycles. The molecule has 2 aliphatic rings. The van der Waals surface area contributed by atoms with Gasteiger partial charge in [-0.1, -0.05) is 19.1 Å². The van der Waals surface area contributed by atoms with E-state index in [1.165, 1.54) is 19.1 Å². The Labute approximate surface area is 274 Å². The summed E-state index contributed by atoms with van der Waals surface area (Å²) in [5, 5.41) is 58.4. The Balaban J connectivity index is 1.77. The highest BCUT2D eigenvalue weighted by atomic mass is 16.6. The molecule has 2 aliphatic heterocycles. The molecule has 1 unspecified atom stereocenters. The van der Waals surface area contributed by atoms with Crippen LogP contribution in [0.4, 0.5) is 4.79 Å². The Morgan fingerprint density at radius 2 is 1.79 bits per heavy atom. The summed E-state index contributed by atoms with van der Waals surface area (Å²) in [5.41, 5.74) is -2.04. The summed E-state index contributed by atoms with van der Waals surface area (Å²) in [6.45, 7) is 12.0. The number of rotatable bonds is 10. The predicted octanol–water partition coefficient (Wildman–Crippen LogP) is 1.53. The van der Waals surface area contributed by atoms with E-state index in [1.54, 1.807) is 51.7 Å². The van der Waals surface area contributed by atoms with Crippen molar-refractivity contribution >= 4 is 23.9 Å². The number of hydrogen-bond acceptors (Lipinski definition) is 10. The van der Waals surface area contributed by atoms with E-state index >= 15 is 0 Å². The van der Waals surface area contributed by atoms with Crippen molar-refractivity contribution in [2.24, 2.45) is 5.41 Å². The lowest BCUT2D eigenvalue weighted by molar-refractivity contribution is -0.226. The average molecular weight is 664 g/mol. The molecule has 262 valence electrons. The van der Waals surface area contributed by atoms with Crippen molar-refractivity contribution in [3.63, 3.8) is 0 Å². The minimum Gasteiger partial charge on any atom is -0.507 e. The average Bonchev–Trinajstić information content (AvgIpc) is 3.35. The van der Waals surface area contributed by atoms with Gasteiger partial charge < -0.3 is 50.5 Å². The minimum atomic E-state index is -2.04. The van der Waals surface area contributed by atoms with Crippen molar-refractivity contribution in [3.05, 3.63) is 41.0 Å². The predicted molar refractivity (Wildman–Crippen MR) is 170 cm³/mol. The number of aliphatic hydroxyl groups excluding tert-OH is 3. The lowest BCUT2D eigenvalue weighted by Gasteiger charge is -2.47. The molecule has 0 saturated carbocycles. The van der Waals surface area contributed by atoms with Crippen LogP contribution in [0.25, 0.3) is 0 Å². The quantitative estimate of drug-likeness (QED) is 0.178. The van der Waals surface area contributed by atoms with Gasteiger partial charge in [0.15, 0.2) is 5.60 Å². The van der Waals surface area contributed by atoms with Crippen molar-refractivity contribution < 1.29 is 54.2 Å². The van der Waals surface area contributed by atoms with Crippen LogP contribution in [0.5, 0.6) is 5.75 Å². The second kappa shape index (κ2) is 14.6. The number of phenols is 1. The molecule has 47 heavy (non-hydrogen) atoms. The van der Waals surface area contributed by atoms with Crippen LogP contribution < -0.4 is 10.6 Å². The maximum absolute atomic E-state index is 12.8. The number of carbonyl (C=O) groups is 4. The Kier molecular flexibility index (Phi) is 11.7. The van der Waals surface area contributed by atoms with E-state index in [0.717, 1.165) is 0 Å². The van der Waals surface area contributed by atoms with Crippen molar-refractivity contribution in [1.82, 2.24) is 15.5 Å². The molecular formula is C33H49N3O11. The van der Waals surface area contributed by atoms with Crippen molar-refractivity contribution in [2.75, 3.05) is 19.6 Å². The molecule has 2 fully saturated rings. The van der Waals surface area contributed by atoms with E-state index < -0.39 is 83.9 Å². The van der Waals surface area contributed by atoms with Crippen LogP contribution in [0.2, 0.25) is 0 Å². The monoisotopic (exact) mass is 663 g/mol. The number of ether oxygens (including phenoxy) is 2. The number of carboxylic acids is 1. The third-order valence-electron chi connectivity index (χ3n) is 8.51. The number of aliphatic carboxylic acids is 1. The van der Waals surface area contributed by atoms with Crippen LogP contribution in [-0.2, 0) is 19.1 Å². The van der Waals surface area contributed by atoms with Crippen LogP contribution in [0.15, 0.2) is 24.3 Å². The van der Waals surface area contributed by atoms with Gasteiger partial charge in [-0.3, -0.25) is 9.59 Å². The summed E-state index contributed by atoms with van der Waals surface area (Å²) >= 11 is 0. The fraction of sp³-hybridized carbons (Fsp3) is 0.636. The summed E-state index contributed by atoms with van der Waals surface area (Å²) in [6, 6.07) is 1.65. The molecule has 0 spiro atoms. The van der Waals surface area contributed by atoms with Crippen LogP contribution in [0.1, 0.15) is 75.4 Å². The molecule has 7 atom stereocenters. The third kappa shape index (κ3) is 9.43. The lowest BCUT2D eigenvalue weighted by atomic mass is 9.81. The van der Waals surface area contributed by atoms with Gasteiger partial charge in [-0.2, -0.15) is 0 Å². The molecule has 3 amide bonds. The SMILES string of the molecule is CC(=O)N[C@H]1[C@H]([C@H](O)[C@H](O)CNC(=O)c2cc(C)c(O)c(C)c2)O[C@@](C/C=C/C2(C)CCN(C(=O)OC(C)(C)C)C2)(C(=O)O)C[C@@H]1O. The van der Waals surface area contributed by atoms with E-state index in [0.29, 0.717) is 30.6 Å². The second-order valence-corrected chi connectivity index (χ2v) is 14.0. The van der Waals surface area contributed by atoms with Gasteiger partial charge >= 0.3 is 12.1 Å². The molecule has 7 N–H and O–H groups in total. The molecule has 14 heteroatoms. The van der Waals surface area contributed by atoms with E-state index in [-0.39, 0.29) is 17.7 Å². The first-order valence-corrected chi connectivity index (χ1v) is 15.6. The number of nitrogens with zero attached hydrogens (tertiary/aromatic N) is 1. The summed E-state index contributed by atoms with van der Waals surface area (Å²) in [6.07, 6.45) is -3.73. The first kappa shape index (κ1) is 37.7. The number of likely N-dealkylation sites (tertiary alicyclic amines) is 1. The zero-order valence-electron chi connectivity index (χ0n) is 28.1. The third-order valence-corrected chi connectivity index (χ3v) is 8.51. The molecule has 0 aromatic heterocycles. The van der Waals surface area contributed by atoms with Crippen LogP contribution >= 0.6 is 0 Å². The fourth-order valence-electron chi connectivity index (χ4n) is 5.98. The maximum Gasteiger partial charge on any atom is 0.410 e. The number of aromatic hydroxyl groups is 1. The van der Waals surface area contributed by atoms with Crippen molar-refractivity contribution in [3.8, 4) is 5.75 Å². The van der Waals surface area contributed by atoms with Gasteiger partial charge in [0.1, 0.15) is 23.6 Å². The first-order valence-electron chi connectivity index (χ1n) is 15.6.